The molecule has 1 aromatic rings. The molecule has 0 unspecified atom stereocenters. The SMILES string of the molecule is CCCNC(=O)CC1CCN(C(=O)c2[nH]c(C)c(C(=O)OCC)c2C)CC1. The van der Waals surface area contributed by atoms with E-state index in [2.05, 4.69) is 10.3 Å². The van der Waals surface area contributed by atoms with Gasteiger partial charge in [-0.3, -0.25) is 9.59 Å². The Balaban J connectivity index is 1.97. The summed E-state index contributed by atoms with van der Waals surface area (Å²) in [6.07, 6.45) is 3.08. The highest BCUT2D eigenvalue weighted by atomic mass is 16.5. The standard InChI is InChI=1S/C20H31N3O4/c1-5-9-21-16(24)12-15-7-10-23(11-8-15)19(25)18-13(3)17(14(4)22-18)20(26)27-6-2/h15,22H,5-12H2,1-4H3,(H,21,24). The van der Waals surface area contributed by atoms with Gasteiger partial charge in [-0.1, -0.05) is 6.92 Å². The van der Waals surface area contributed by atoms with Gasteiger partial charge in [0.25, 0.3) is 5.91 Å². The molecule has 150 valence electrons. The molecule has 0 radical (unpaired) electrons. The fourth-order valence-electron chi connectivity index (χ4n) is 3.57. The molecule has 0 spiro atoms. The summed E-state index contributed by atoms with van der Waals surface area (Å²) in [5.74, 6) is -0.0938. The van der Waals surface area contributed by atoms with Crippen LogP contribution in [0.1, 0.15) is 71.6 Å². The van der Waals surface area contributed by atoms with Gasteiger partial charge in [-0.15, -0.1) is 0 Å². The van der Waals surface area contributed by atoms with Crippen molar-refractivity contribution in [3.63, 3.8) is 0 Å². The van der Waals surface area contributed by atoms with Gasteiger partial charge in [-0.2, -0.15) is 0 Å². The Labute approximate surface area is 160 Å². The van der Waals surface area contributed by atoms with Crippen LogP contribution in [0.15, 0.2) is 0 Å². The topological polar surface area (TPSA) is 91.5 Å². The number of aryl methyl sites for hydroxylation is 1. The van der Waals surface area contributed by atoms with Gasteiger partial charge in [0.2, 0.25) is 5.91 Å². The molecule has 1 aliphatic heterocycles. The van der Waals surface area contributed by atoms with Crippen molar-refractivity contribution in [2.75, 3.05) is 26.2 Å². The molecular formula is C20H31N3O4. The van der Waals surface area contributed by atoms with E-state index in [1.54, 1.807) is 25.7 Å². The number of hydrogen-bond donors (Lipinski definition) is 2. The summed E-state index contributed by atoms with van der Waals surface area (Å²) in [5, 5.41) is 2.91. The van der Waals surface area contributed by atoms with Gasteiger partial charge < -0.3 is 19.9 Å². The number of nitrogens with one attached hydrogen (secondary N) is 2. The number of carbonyl (C=O) groups is 3. The summed E-state index contributed by atoms with van der Waals surface area (Å²) in [4.78, 5) is 41.7. The number of nitrogens with zero attached hydrogens (tertiary/aromatic N) is 1. The fraction of sp³-hybridized carbons (Fsp3) is 0.650. The number of aromatic nitrogens is 1. The lowest BCUT2D eigenvalue weighted by atomic mass is 9.93. The smallest absolute Gasteiger partial charge is 0.340 e. The van der Waals surface area contributed by atoms with Gasteiger partial charge >= 0.3 is 5.97 Å². The summed E-state index contributed by atoms with van der Waals surface area (Å²) in [7, 11) is 0. The second-order valence-corrected chi connectivity index (χ2v) is 7.14. The van der Waals surface area contributed by atoms with E-state index >= 15 is 0 Å². The minimum Gasteiger partial charge on any atom is -0.462 e. The van der Waals surface area contributed by atoms with Crippen molar-refractivity contribution in [3.05, 3.63) is 22.5 Å². The highest BCUT2D eigenvalue weighted by molar-refractivity contribution is 6.00. The predicted octanol–water partition coefficient (Wildman–Crippen LogP) is 2.58. The van der Waals surface area contributed by atoms with E-state index in [0.717, 1.165) is 19.3 Å². The molecular weight excluding hydrogens is 346 g/mol. The minimum absolute atomic E-state index is 0.0940. The minimum atomic E-state index is -0.403. The van der Waals surface area contributed by atoms with Crippen molar-refractivity contribution in [2.45, 2.75) is 53.4 Å². The first-order valence-corrected chi connectivity index (χ1v) is 9.81. The first-order valence-electron chi connectivity index (χ1n) is 9.81. The van der Waals surface area contributed by atoms with E-state index in [0.29, 0.717) is 61.1 Å². The number of ether oxygens (including phenoxy) is 1. The summed E-state index contributed by atoms with van der Waals surface area (Å²) in [6.45, 7) is 9.59. The maximum absolute atomic E-state index is 12.9. The quantitative estimate of drug-likeness (QED) is 0.715. The van der Waals surface area contributed by atoms with E-state index in [-0.39, 0.29) is 11.8 Å². The van der Waals surface area contributed by atoms with Crippen LogP contribution in [0.25, 0.3) is 0 Å². The van der Waals surface area contributed by atoms with Crippen molar-refractivity contribution < 1.29 is 19.1 Å². The molecule has 2 rings (SSSR count). The van der Waals surface area contributed by atoms with Gasteiger partial charge in [-0.25, -0.2) is 4.79 Å². The lowest BCUT2D eigenvalue weighted by molar-refractivity contribution is -0.122. The molecule has 0 atom stereocenters. The van der Waals surface area contributed by atoms with Crippen LogP contribution < -0.4 is 5.32 Å². The van der Waals surface area contributed by atoms with Gasteiger partial charge in [0.05, 0.1) is 12.2 Å². The number of aromatic amines is 1. The largest absolute Gasteiger partial charge is 0.462 e. The number of H-pyrrole nitrogens is 1. The Morgan fingerprint density at radius 1 is 1.19 bits per heavy atom. The van der Waals surface area contributed by atoms with Crippen molar-refractivity contribution in [3.8, 4) is 0 Å². The Kier molecular flexibility index (Phi) is 7.45. The molecule has 0 saturated carbocycles. The summed E-state index contributed by atoms with van der Waals surface area (Å²) in [5.41, 5.74) is 2.19. The summed E-state index contributed by atoms with van der Waals surface area (Å²) in [6, 6.07) is 0. The Bertz CT molecular complexity index is 688. The first-order chi connectivity index (χ1) is 12.9. The molecule has 7 heteroatoms. The van der Waals surface area contributed by atoms with Crippen LogP contribution in [0.4, 0.5) is 0 Å². The lowest BCUT2D eigenvalue weighted by Crippen LogP contribution is -2.40. The number of carbonyl (C=O) groups excluding carboxylic acids is 3. The van der Waals surface area contributed by atoms with Crippen LogP contribution in [0.3, 0.4) is 0 Å². The maximum Gasteiger partial charge on any atom is 0.340 e. The Morgan fingerprint density at radius 2 is 1.85 bits per heavy atom. The zero-order chi connectivity index (χ0) is 20.0. The van der Waals surface area contributed by atoms with Crippen molar-refractivity contribution in [2.24, 2.45) is 5.92 Å². The van der Waals surface area contributed by atoms with E-state index in [1.807, 2.05) is 6.92 Å². The maximum atomic E-state index is 12.9. The van der Waals surface area contributed by atoms with Crippen LogP contribution in [-0.2, 0) is 9.53 Å². The van der Waals surface area contributed by atoms with Crippen molar-refractivity contribution >= 4 is 17.8 Å². The van der Waals surface area contributed by atoms with Crippen LogP contribution in [0.2, 0.25) is 0 Å². The van der Waals surface area contributed by atoms with Crippen LogP contribution in [-0.4, -0.2) is 53.9 Å². The van der Waals surface area contributed by atoms with E-state index in [9.17, 15) is 14.4 Å². The number of esters is 1. The van der Waals surface area contributed by atoms with E-state index < -0.39 is 5.97 Å². The summed E-state index contributed by atoms with van der Waals surface area (Å²) >= 11 is 0. The molecule has 0 bridgehead atoms. The lowest BCUT2D eigenvalue weighted by Gasteiger charge is -2.31. The highest BCUT2D eigenvalue weighted by Gasteiger charge is 2.29. The molecule has 2 heterocycles. The average Bonchev–Trinajstić information content (AvgIpc) is 2.94. The molecule has 0 aromatic carbocycles. The predicted molar refractivity (Wildman–Crippen MR) is 103 cm³/mol. The zero-order valence-corrected chi connectivity index (χ0v) is 16.8. The average molecular weight is 377 g/mol. The van der Waals surface area contributed by atoms with Gasteiger partial charge in [0.1, 0.15) is 5.69 Å². The van der Waals surface area contributed by atoms with E-state index in [4.69, 9.17) is 4.74 Å². The fourth-order valence-corrected chi connectivity index (χ4v) is 3.57. The van der Waals surface area contributed by atoms with Gasteiger partial charge in [-0.05, 0) is 51.5 Å². The summed E-state index contributed by atoms with van der Waals surface area (Å²) < 4.78 is 5.09. The third-order valence-corrected chi connectivity index (χ3v) is 5.08. The molecule has 1 saturated heterocycles. The number of hydrogen-bond acceptors (Lipinski definition) is 4. The third-order valence-electron chi connectivity index (χ3n) is 5.08. The van der Waals surface area contributed by atoms with Gasteiger partial charge in [0, 0.05) is 31.7 Å². The third kappa shape index (κ3) is 5.11. The number of rotatable bonds is 7. The molecule has 2 N–H and O–H groups in total. The molecule has 27 heavy (non-hydrogen) atoms. The Morgan fingerprint density at radius 3 is 2.44 bits per heavy atom. The second kappa shape index (κ2) is 9.58. The van der Waals surface area contributed by atoms with Crippen molar-refractivity contribution in [1.82, 2.24) is 15.2 Å². The monoisotopic (exact) mass is 377 g/mol. The number of likely N-dealkylation sites (tertiary alicyclic amines) is 1. The molecule has 1 aromatic heterocycles. The second-order valence-electron chi connectivity index (χ2n) is 7.14. The number of amides is 2. The van der Waals surface area contributed by atoms with Crippen LogP contribution >= 0.6 is 0 Å². The normalized spacial score (nSPS) is 14.9. The zero-order valence-electron chi connectivity index (χ0n) is 16.8. The molecule has 1 fully saturated rings. The van der Waals surface area contributed by atoms with Gasteiger partial charge in [0.15, 0.2) is 0 Å². The van der Waals surface area contributed by atoms with Crippen LogP contribution in [0, 0.1) is 19.8 Å². The molecule has 1 aliphatic rings. The van der Waals surface area contributed by atoms with Crippen molar-refractivity contribution in [1.29, 1.82) is 0 Å². The highest BCUT2D eigenvalue weighted by Crippen LogP contribution is 2.25. The van der Waals surface area contributed by atoms with E-state index in [1.165, 1.54) is 0 Å². The molecule has 7 nitrogen and oxygen atoms in total. The van der Waals surface area contributed by atoms with Crippen LogP contribution in [0.5, 0.6) is 0 Å². The molecule has 0 aliphatic carbocycles. The number of piperidine rings is 1. The Hall–Kier alpha value is -2.31. The molecule has 2 amide bonds. The first kappa shape index (κ1) is 21.0.